The predicted octanol–water partition coefficient (Wildman–Crippen LogP) is -2.49. The smallest absolute Gasteiger partial charge is 0.469 e. The number of aromatic nitrogens is 4. The molecule has 3 heterocycles. The maximum atomic E-state index is 12.2. The number of rotatable bonds is 8. The first-order chi connectivity index (χ1) is 15.4. The molecule has 182 valence electrons. The average molecular weight is 492 g/mol. The van der Waals surface area contributed by atoms with E-state index in [1.807, 2.05) is 0 Å². The first kappa shape index (κ1) is 24.9. The third-order valence-electron chi connectivity index (χ3n) is 4.64. The highest BCUT2D eigenvalue weighted by atomic mass is 31.2. The highest BCUT2D eigenvalue weighted by molar-refractivity contribution is 7.46. The summed E-state index contributed by atoms with van der Waals surface area (Å²) >= 11 is 0. The molecule has 2 aromatic heterocycles. The van der Waals surface area contributed by atoms with Gasteiger partial charge in [0.15, 0.2) is 29.3 Å². The summed E-state index contributed by atoms with van der Waals surface area (Å²) in [5, 5.41) is 43.3. The standard InChI is InChI=1S/C15H21N6O11P/c1-5(22)7(14(25)26)19-15(27)20-11-8-12(17-3-16-11)21(4-18-8)13-10(24)9(23)6(32-13)2-31-33(28,29)30/h3-7,9-10,13,22-24H,2H2,1H3,(H,25,26)(H2,28,29,30)(H2,16,17,19,20,27)/t5-,6-,7+,9-,10-,13-/m1/s1. The summed E-state index contributed by atoms with van der Waals surface area (Å²) in [7, 11) is -4.84. The minimum atomic E-state index is -4.84. The zero-order valence-corrected chi connectivity index (χ0v) is 17.7. The molecule has 2 amide bonds. The van der Waals surface area contributed by atoms with Crippen LogP contribution in [0, 0.1) is 0 Å². The second-order valence-corrected chi connectivity index (χ2v) is 8.27. The van der Waals surface area contributed by atoms with Crippen molar-refractivity contribution in [2.45, 2.75) is 43.6 Å². The van der Waals surface area contributed by atoms with Crippen LogP contribution in [0.4, 0.5) is 10.6 Å². The summed E-state index contributed by atoms with van der Waals surface area (Å²) in [6.07, 6.45) is -4.86. The maximum absolute atomic E-state index is 12.2. The summed E-state index contributed by atoms with van der Waals surface area (Å²) in [6.45, 7) is 0.477. The van der Waals surface area contributed by atoms with Crippen LogP contribution in [0.5, 0.6) is 0 Å². The summed E-state index contributed by atoms with van der Waals surface area (Å²) in [4.78, 5) is 52.8. The van der Waals surface area contributed by atoms with Gasteiger partial charge >= 0.3 is 19.8 Å². The molecule has 0 aliphatic carbocycles. The van der Waals surface area contributed by atoms with E-state index in [4.69, 9.17) is 19.6 Å². The first-order valence-corrected chi connectivity index (χ1v) is 10.8. The number of urea groups is 1. The molecule has 0 unspecified atom stereocenters. The SMILES string of the molecule is C[C@@H](O)[C@H](NC(=O)Nc1ncnc2c1ncn2[C@@H]1O[C@H](COP(=O)(O)O)[C@@H](O)[C@H]1O)C(=O)O. The van der Waals surface area contributed by atoms with Crippen molar-refractivity contribution in [3.63, 3.8) is 0 Å². The van der Waals surface area contributed by atoms with E-state index in [2.05, 4.69) is 30.1 Å². The Balaban J connectivity index is 1.79. The molecule has 1 aliphatic heterocycles. The van der Waals surface area contributed by atoms with Gasteiger partial charge in [-0.05, 0) is 6.92 Å². The highest BCUT2D eigenvalue weighted by Gasteiger charge is 2.45. The molecule has 0 saturated carbocycles. The number of nitrogens with one attached hydrogen (secondary N) is 2. The Labute approximate surface area is 184 Å². The molecule has 0 radical (unpaired) electrons. The number of carboxylic acids is 1. The number of carboxylic acid groups (broad SMARTS) is 1. The van der Waals surface area contributed by atoms with Crippen LogP contribution in [0.15, 0.2) is 12.7 Å². The number of carbonyl (C=O) groups is 2. The lowest BCUT2D eigenvalue weighted by Crippen LogP contribution is -2.49. The largest absolute Gasteiger partial charge is 0.480 e. The fraction of sp³-hybridized carbons (Fsp3) is 0.533. The third-order valence-corrected chi connectivity index (χ3v) is 5.13. The van der Waals surface area contributed by atoms with E-state index in [1.54, 1.807) is 0 Å². The highest BCUT2D eigenvalue weighted by Crippen LogP contribution is 2.38. The second kappa shape index (κ2) is 9.62. The van der Waals surface area contributed by atoms with Gasteiger partial charge in [0.25, 0.3) is 0 Å². The van der Waals surface area contributed by atoms with Crippen molar-refractivity contribution in [1.29, 1.82) is 0 Å². The van der Waals surface area contributed by atoms with Crippen LogP contribution >= 0.6 is 7.82 Å². The van der Waals surface area contributed by atoms with Crippen molar-refractivity contribution >= 4 is 36.8 Å². The maximum Gasteiger partial charge on any atom is 0.469 e. The molecule has 6 atom stereocenters. The Morgan fingerprint density at radius 3 is 2.58 bits per heavy atom. The number of hydrogen-bond donors (Lipinski definition) is 8. The number of amides is 2. The number of hydrogen-bond acceptors (Lipinski definition) is 11. The molecule has 1 aliphatic rings. The topological polar surface area (TPSA) is 259 Å². The molecule has 1 fully saturated rings. The van der Waals surface area contributed by atoms with E-state index >= 15 is 0 Å². The van der Waals surface area contributed by atoms with Gasteiger partial charge in [-0.2, -0.15) is 0 Å². The minimum Gasteiger partial charge on any atom is -0.480 e. The molecule has 0 aromatic carbocycles. The van der Waals surface area contributed by atoms with E-state index in [-0.39, 0.29) is 17.0 Å². The molecule has 8 N–H and O–H groups in total. The lowest BCUT2D eigenvalue weighted by Gasteiger charge is -2.17. The molecule has 2 aromatic rings. The van der Waals surface area contributed by atoms with Crippen LogP contribution in [0.2, 0.25) is 0 Å². The van der Waals surface area contributed by atoms with Crippen molar-refractivity contribution in [2.75, 3.05) is 11.9 Å². The van der Waals surface area contributed by atoms with Crippen LogP contribution in [0.25, 0.3) is 11.2 Å². The number of imidazole rings is 1. The van der Waals surface area contributed by atoms with Gasteiger partial charge in [0.2, 0.25) is 0 Å². The van der Waals surface area contributed by atoms with Gasteiger partial charge in [0, 0.05) is 0 Å². The number of nitrogens with zero attached hydrogens (tertiary/aromatic N) is 4. The number of ether oxygens (including phenoxy) is 1. The Kier molecular flexibility index (Phi) is 7.25. The quantitative estimate of drug-likeness (QED) is 0.177. The Morgan fingerprint density at radius 1 is 1.27 bits per heavy atom. The molecule has 3 rings (SSSR count). The predicted molar refractivity (Wildman–Crippen MR) is 105 cm³/mol. The molecule has 1 saturated heterocycles. The van der Waals surface area contributed by atoms with Crippen molar-refractivity contribution < 1.29 is 53.6 Å². The van der Waals surface area contributed by atoms with Crippen molar-refractivity contribution in [1.82, 2.24) is 24.8 Å². The number of aliphatic hydroxyl groups is 3. The van der Waals surface area contributed by atoms with Crippen molar-refractivity contribution in [3.05, 3.63) is 12.7 Å². The number of carbonyl (C=O) groups excluding carboxylic acids is 1. The molecule has 18 heteroatoms. The monoisotopic (exact) mass is 492 g/mol. The van der Waals surface area contributed by atoms with E-state index < -0.39 is 63.1 Å². The molecular formula is C15H21N6O11P. The van der Waals surface area contributed by atoms with Crippen LogP contribution in [-0.4, -0.2) is 98.8 Å². The number of phosphoric ester groups is 1. The number of anilines is 1. The fourth-order valence-electron chi connectivity index (χ4n) is 3.07. The number of aliphatic hydroxyl groups excluding tert-OH is 3. The first-order valence-electron chi connectivity index (χ1n) is 9.26. The molecule has 33 heavy (non-hydrogen) atoms. The van der Waals surface area contributed by atoms with E-state index in [0.29, 0.717) is 0 Å². The lowest BCUT2D eigenvalue weighted by molar-refractivity contribution is -0.141. The third kappa shape index (κ3) is 5.60. The van der Waals surface area contributed by atoms with Gasteiger partial charge in [-0.3, -0.25) is 14.4 Å². The Morgan fingerprint density at radius 2 is 1.97 bits per heavy atom. The van der Waals surface area contributed by atoms with Gasteiger partial charge in [-0.15, -0.1) is 0 Å². The lowest BCUT2D eigenvalue weighted by atomic mass is 10.1. The van der Waals surface area contributed by atoms with E-state index in [0.717, 1.165) is 12.7 Å². The average Bonchev–Trinajstić information content (AvgIpc) is 3.26. The number of fused-ring (bicyclic) bond motifs is 1. The second-order valence-electron chi connectivity index (χ2n) is 7.03. The Bertz CT molecular complexity index is 1070. The van der Waals surface area contributed by atoms with Crippen molar-refractivity contribution in [3.8, 4) is 0 Å². The molecule has 0 spiro atoms. The summed E-state index contributed by atoms with van der Waals surface area (Å²) < 4.78 is 21.9. The molecular weight excluding hydrogens is 471 g/mol. The van der Waals surface area contributed by atoms with Crippen LogP contribution in [0.1, 0.15) is 13.2 Å². The van der Waals surface area contributed by atoms with Crippen LogP contribution in [0.3, 0.4) is 0 Å². The summed E-state index contributed by atoms with van der Waals surface area (Å²) in [6, 6.07) is -2.59. The Hall–Kier alpha value is -2.76. The van der Waals surface area contributed by atoms with Crippen molar-refractivity contribution in [2.24, 2.45) is 0 Å². The van der Waals surface area contributed by atoms with Gasteiger partial charge in [0.05, 0.1) is 19.0 Å². The van der Waals surface area contributed by atoms with Gasteiger partial charge in [0.1, 0.15) is 24.6 Å². The van der Waals surface area contributed by atoms with E-state index in [1.165, 1.54) is 11.5 Å². The zero-order valence-electron chi connectivity index (χ0n) is 16.8. The number of aliphatic carboxylic acids is 1. The van der Waals surface area contributed by atoms with Gasteiger partial charge < -0.3 is 40.3 Å². The fourth-order valence-corrected chi connectivity index (χ4v) is 3.41. The van der Waals surface area contributed by atoms with E-state index in [9.17, 15) is 29.5 Å². The summed E-state index contributed by atoms with van der Waals surface area (Å²) in [5.41, 5.74) is 0.0511. The summed E-state index contributed by atoms with van der Waals surface area (Å²) in [5.74, 6) is -1.60. The van der Waals surface area contributed by atoms with Crippen LogP contribution in [-0.2, 0) is 18.6 Å². The van der Waals surface area contributed by atoms with Crippen LogP contribution < -0.4 is 10.6 Å². The number of phosphoric acid groups is 1. The van der Waals surface area contributed by atoms with Gasteiger partial charge in [-0.25, -0.2) is 29.1 Å². The molecule has 17 nitrogen and oxygen atoms in total. The molecule has 0 bridgehead atoms. The minimum absolute atomic E-state index is 0.0109. The van der Waals surface area contributed by atoms with Gasteiger partial charge in [-0.1, -0.05) is 0 Å². The normalized spacial score (nSPS) is 25.0. The zero-order chi connectivity index (χ0) is 24.5.